The maximum atomic E-state index is 13.3. The summed E-state index contributed by atoms with van der Waals surface area (Å²) in [5, 5.41) is 0.157. The number of carbonyl (C=O) groups excluding carboxylic acids is 1. The highest BCUT2D eigenvalue weighted by atomic mass is 35.5. The summed E-state index contributed by atoms with van der Waals surface area (Å²) in [7, 11) is 0. The molecule has 0 saturated carbocycles. The molecule has 1 amide bonds. The highest BCUT2D eigenvalue weighted by Crippen LogP contribution is 2.24. The first-order valence-corrected chi connectivity index (χ1v) is 10.4. The summed E-state index contributed by atoms with van der Waals surface area (Å²) in [4.78, 5) is 19.4. The molecule has 0 aromatic heterocycles. The fourth-order valence-electron chi connectivity index (χ4n) is 4.27. The number of nitrogens with zero attached hydrogens (tertiary/aromatic N) is 3. The lowest BCUT2D eigenvalue weighted by Crippen LogP contribution is -2.55. The Balaban J connectivity index is 1.36. The Morgan fingerprint density at radius 1 is 0.931 bits per heavy atom. The van der Waals surface area contributed by atoms with Crippen LogP contribution in [0.15, 0.2) is 42.5 Å². The molecule has 4 nitrogen and oxygen atoms in total. The molecule has 154 valence electrons. The molecule has 0 aliphatic carbocycles. The second-order valence-electron chi connectivity index (χ2n) is 7.67. The molecule has 0 bridgehead atoms. The highest BCUT2D eigenvalue weighted by Gasteiger charge is 2.31. The molecule has 2 aliphatic rings. The SMILES string of the molecule is O=C(c1ccc(F)cc1Cl)N1CCC[C@H](N2CCN(c3ccc(F)cc3)CC2)C1. The van der Waals surface area contributed by atoms with Crippen LogP contribution in [0.2, 0.25) is 5.02 Å². The van der Waals surface area contributed by atoms with Crippen molar-refractivity contribution in [3.8, 4) is 0 Å². The minimum atomic E-state index is -0.443. The Hall–Kier alpha value is -2.18. The molecule has 1 atom stereocenters. The van der Waals surface area contributed by atoms with Crippen molar-refractivity contribution in [3.05, 3.63) is 64.7 Å². The van der Waals surface area contributed by atoms with Gasteiger partial charge in [-0.3, -0.25) is 9.69 Å². The van der Waals surface area contributed by atoms with Crippen molar-refractivity contribution in [2.45, 2.75) is 18.9 Å². The second kappa shape index (κ2) is 8.67. The lowest BCUT2D eigenvalue weighted by molar-refractivity contribution is 0.0563. The molecule has 2 aromatic rings. The van der Waals surface area contributed by atoms with E-state index in [2.05, 4.69) is 9.80 Å². The van der Waals surface area contributed by atoms with Crippen LogP contribution in [0.5, 0.6) is 0 Å². The second-order valence-corrected chi connectivity index (χ2v) is 8.08. The predicted molar refractivity (Wildman–Crippen MR) is 111 cm³/mol. The van der Waals surface area contributed by atoms with Crippen LogP contribution in [-0.2, 0) is 0 Å². The number of anilines is 1. The molecule has 0 N–H and O–H groups in total. The van der Waals surface area contributed by atoms with Gasteiger partial charge in [0.15, 0.2) is 0 Å². The third-order valence-corrected chi connectivity index (χ3v) is 6.18. The molecule has 29 heavy (non-hydrogen) atoms. The van der Waals surface area contributed by atoms with E-state index in [4.69, 9.17) is 11.6 Å². The van der Waals surface area contributed by atoms with Crippen molar-refractivity contribution >= 4 is 23.2 Å². The summed E-state index contributed by atoms with van der Waals surface area (Å²) >= 11 is 6.09. The van der Waals surface area contributed by atoms with Gasteiger partial charge in [-0.25, -0.2) is 8.78 Å². The van der Waals surface area contributed by atoms with Crippen LogP contribution in [0, 0.1) is 11.6 Å². The number of piperidine rings is 1. The minimum Gasteiger partial charge on any atom is -0.369 e. The van der Waals surface area contributed by atoms with E-state index < -0.39 is 5.82 Å². The van der Waals surface area contributed by atoms with E-state index in [-0.39, 0.29) is 16.7 Å². The predicted octanol–water partition coefficient (Wildman–Crippen LogP) is 4.05. The van der Waals surface area contributed by atoms with Gasteiger partial charge in [0.05, 0.1) is 10.6 Å². The topological polar surface area (TPSA) is 26.8 Å². The van der Waals surface area contributed by atoms with Crippen molar-refractivity contribution in [1.82, 2.24) is 9.80 Å². The van der Waals surface area contributed by atoms with Crippen molar-refractivity contribution in [1.29, 1.82) is 0 Å². The van der Waals surface area contributed by atoms with Gasteiger partial charge in [0.1, 0.15) is 11.6 Å². The lowest BCUT2D eigenvalue weighted by Gasteiger charge is -2.44. The number of rotatable bonds is 3. The Morgan fingerprint density at radius 2 is 1.62 bits per heavy atom. The molecule has 2 heterocycles. The third-order valence-electron chi connectivity index (χ3n) is 5.87. The van der Waals surface area contributed by atoms with E-state index in [1.54, 1.807) is 0 Å². The van der Waals surface area contributed by atoms with Gasteiger partial charge < -0.3 is 9.80 Å². The van der Waals surface area contributed by atoms with Gasteiger partial charge in [0.2, 0.25) is 0 Å². The van der Waals surface area contributed by atoms with Crippen molar-refractivity contribution in [2.75, 3.05) is 44.2 Å². The molecule has 2 aliphatic heterocycles. The molecule has 7 heteroatoms. The largest absolute Gasteiger partial charge is 0.369 e. The summed E-state index contributed by atoms with van der Waals surface area (Å²) in [6.45, 7) is 4.91. The third kappa shape index (κ3) is 4.54. The number of carbonyl (C=O) groups is 1. The van der Waals surface area contributed by atoms with Gasteiger partial charge in [-0.2, -0.15) is 0 Å². The van der Waals surface area contributed by atoms with E-state index in [9.17, 15) is 13.6 Å². The number of hydrogen-bond acceptors (Lipinski definition) is 3. The number of amides is 1. The maximum Gasteiger partial charge on any atom is 0.255 e. The first kappa shape index (κ1) is 20.1. The first-order chi connectivity index (χ1) is 14.0. The van der Waals surface area contributed by atoms with Crippen LogP contribution >= 0.6 is 11.6 Å². The highest BCUT2D eigenvalue weighted by molar-refractivity contribution is 6.33. The van der Waals surface area contributed by atoms with E-state index in [1.807, 2.05) is 17.0 Å². The molecule has 0 radical (unpaired) electrons. The van der Waals surface area contributed by atoms with E-state index >= 15 is 0 Å². The molecular formula is C22H24ClF2N3O. The van der Waals surface area contributed by atoms with Crippen LogP contribution in [0.3, 0.4) is 0 Å². The summed E-state index contributed by atoms with van der Waals surface area (Å²) in [6, 6.07) is 10.9. The van der Waals surface area contributed by atoms with E-state index in [1.165, 1.54) is 30.3 Å². The zero-order chi connectivity index (χ0) is 20.4. The van der Waals surface area contributed by atoms with Crippen LogP contribution in [0.25, 0.3) is 0 Å². The van der Waals surface area contributed by atoms with Gasteiger partial charge in [0.25, 0.3) is 5.91 Å². The number of likely N-dealkylation sites (tertiary alicyclic amines) is 1. The fourth-order valence-corrected chi connectivity index (χ4v) is 4.52. The zero-order valence-electron chi connectivity index (χ0n) is 16.2. The van der Waals surface area contributed by atoms with Crippen molar-refractivity contribution in [3.63, 3.8) is 0 Å². The Kier molecular flexibility index (Phi) is 6.01. The fraction of sp³-hybridized carbons (Fsp3) is 0.409. The Labute approximate surface area is 174 Å². The van der Waals surface area contributed by atoms with Gasteiger partial charge in [-0.1, -0.05) is 11.6 Å². The average molecular weight is 420 g/mol. The van der Waals surface area contributed by atoms with Crippen LogP contribution < -0.4 is 4.90 Å². The average Bonchev–Trinajstić information content (AvgIpc) is 2.74. The summed E-state index contributed by atoms with van der Waals surface area (Å²) < 4.78 is 26.4. The maximum absolute atomic E-state index is 13.3. The van der Waals surface area contributed by atoms with Gasteiger partial charge in [-0.15, -0.1) is 0 Å². The number of piperazine rings is 1. The quantitative estimate of drug-likeness (QED) is 0.751. The van der Waals surface area contributed by atoms with Crippen LogP contribution in [-0.4, -0.2) is 61.0 Å². The molecular weight excluding hydrogens is 396 g/mol. The molecule has 2 fully saturated rings. The van der Waals surface area contributed by atoms with Crippen LogP contribution in [0.4, 0.5) is 14.5 Å². The monoisotopic (exact) mass is 419 g/mol. The van der Waals surface area contributed by atoms with Crippen LogP contribution in [0.1, 0.15) is 23.2 Å². The van der Waals surface area contributed by atoms with Crippen molar-refractivity contribution < 1.29 is 13.6 Å². The minimum absolute atomic E-state index is 0.135. The first-order valence-electron chi connectivity index (χ1n) is 10.00. The molecule has 0 spiro atoms. The molecule has 2 aromatic carbocycles. The normalized spacial score (nSPS) is 20.7. The number of halogens is 3. The smallest absolute Gasteiger partial charge is 0.255 e. The van der Waals surface area contributed by atoms with E-state index in [0.29, 0.717) is 24.7 Å². The molecule has 0 unspecified atom stereocenters. The van der Waals surface area contributed by atoms with E-state index in [0.717, 1.165) is 44.7 Å². The lowest BCUT2D eigenvalue weighted by atomic mass is 10.0. The summed E-state index contributed by atoms with van der Waals surface area (Å²) in [5.41, 5.74) is 1.40. The molecule has 2 saturated heterocycles. The molecule has 4 rings (SSSR count). The summed E-state index contributed by atoms with van der Waals surface area (Å²) in [5.74, 6) is -0.799. The van der Waals surface area contributed by atoms with Crippen molar-refractivity contribution in [2.24, 2.45) is 0 Å². The van der Waals surface area contributed by atoms with Gasteiger partial charge in [0, 0.05) is 51.0 Å². The Bertz CT molecular complexity index is 869. The number of hydrogen-bond donors (Lipinski definition) is 0. The standard InChI is InChI=1S/C22H24ClF2N3O/c23-21-14-17(25)5-8-20(21)22(29)28-9-1-2-19(15-28)27-12-10-26(11-13-27)18-6-3-16(24)4-7-18/h3-8,14,19H,1-2,9-13,15H2/t19-/m0/s1. The zero-order valence-corrected chi connectivity index (χ0v) is 16.9. The number of benzene rings is 2. The summed E-state index contributed by atoms with van der Waals surface area (Å²) in [6.07, 6.45) is 1.99. The van der Waals surface area contributed by atoms with Gasteiger partial charge >= 0.3 is 0 Å². The van der Waals surface area contributed by atoms with Gasteiger partial charge in [-0.05, 0) is 55.3 Å². The Morgan fingerprint density at radius 3 is 2.31 bits per heavy atom.